The molecular weight excluding hydrogens is 284 g/mol. The van der Waals surface area contributed by atoms with Gasteiger partial charge in [0.2, 0.25) is 0 Å². The van der Waals surface area contributed by atoms with Gasteiger partial charge in [0.25, 0.3) is 0 Å². The Hall–Kier alpha value is -1.02. The summed E-state index contributed by atoms with van der Waals surface area (Å²) in [5, 5.41) is 8.70. The maximum atomic E-state index is 8.70. The van der Waals surface area contributed by atoms with Gasteiger partial charge in [0, 0.05) is 6.61 Å². The summed E-state index contributed by atoms with van der Waals surface area (Å²) < 4.78 is 5.75. The van der Waals surface area contributed by atoms with Crippen molar-refractivity contribution in [2.45, 2.75) is 84.0 Å². The van der Waals surface area contributed by atoms with E-state index in [9.17, 15) is 0 Å². The molecule has 0 aliphatic heterocycles. The van der Waals surface area contributed by atoms with Gasteiger partial charge in [-0.15, -0.1) is 0 Å². The first-order chi connectivity index (χ1) is 11.3. The summed E-state index contributed by atoms with van der Waals surface area (Å²) in [5.74, 6) is 0.995. The van der Waals surface area contributed by atoms with E-state index in [1.165, 1.54) is 76.2 Å². The molecule has 0 spiro atoms. The fourth-order valence-electron chi connectivity index (χ4n) is 2.81. The molecule has 23 heavy (non-hydrogen) atoms. The molecule has 1 aromatic carbocycles. The zero-order valence-electron chi connectivity index (χ0n) is 15.1. The Bertz CT molecular complexity index is 359. The van der Waals surface area contributed by atoms with Gasteiger partial charge in [-0.25, -0.2) is 0 Å². The van der Waals surface area contributed by atoms with E-state index in [4.69, 9.17) is 9.84 Å². The Labute approximate surface area is 143 Å². The molecule has 0 atom stereocenters. The summed E-state index contributed by atoms with van der Waals surface area (Å²) in [6.45, 7) is 3.30. The molecule has 0 aromatic heterocycles. The van der Waals surface area contributed by atoms with Crippen molar-refractivity contribution >= 4 is 0 Å². The summed E-state index contributed by atoms with van der Waals surface area (Å²) in [5.41, 5.74) is 1.28. The Morgan fingerprint density at radius 2 is 1.09 bits per heavy atom. The van der Waals surface area contributed by atoms with Gasteiger partial charge in [-0.2, -0.15) is 0 Å². The Balaban J connectivity index is 1.77. The molecule has 2 nitrogen and oxygen atoms in total. The molecule has 1 aromatic rings. The van der Waals surface area contributed by atoms with Crippen LogP contribution in [0.2, 0.25) is 0 Å². The lowest BCUT2D eigenvalue weighted by molar-refractivity contribution is 0.282. The van der Waals surface area contributed by atoms with E-state index in [0.717, 1.165) is 18.8 Å². The maximum Gasteiger partial charge on any atom is 0.119 e. The van der Waals surface area contributed by atoms with Crippen molar-refractivity contribution < 1.29 is 9.84 Å². The highest BCUT2D eigenvalue weighted by molar-refractivity contribution is 5.26. The quantitative estimate of drug-likeness (QED) is 0.399. The third-order valence-corrected chi connectivity index (χ3v) is 4.34. The van der Waals surface area contributed by atoms with Gasteiger partial charge in [-0.05, 0) is 31.9 Å². The number of ether oxygens (including phenoxy) is 1. The third kappa shape index (κ3) is 12.1. The topological polar surface area (TPSA) is 29.5 Å². The Morgan fingerprint density at radius 1 is 0.652 bits per heavy atom. The van der Waals surface area contributed by atoms with E-state index in [1.54, 1.807) is 0 Å². The lowest BCUT2D eigenvalue weighted by Crippen LogP contribution is -1.97. The van der Waals surface area contributed by atoms with E-state index in [-0.39, 0.29) is 0 Å². The average molecular weight is 321 g/mol. The van der Waals surface area contributed by atoms with Crippen molar-refractivity contribution in [2.75, 3.05) is 13.2 Å². The van der Waals surface area contributed by atoms with Gasteiger partial charge in [0.15, 0.2) is 0 Å². The fourth-order valence-corrected chi connectivity index (χ4v) is 2.81. The standard InChI is InChI=1S/C21H36O2/c1-20-14-16-21(17-15-20)23-19-13-11-9-7-5-3-2-4-6-8-10-12-18-22/h14-17,22H,2-13,18-19H2,1H3. The van der Waals surface area contributed by atoms with Crippen molar-refractivity contribution in [1.82, 2.24) is 0 Å². The van der Waals surface area contributed by atoms with Gasteiger partial charge in [-0.3, -0.25) is 0 Å². The second-order valence-corrected chi connectivity index (χ2v) is 6.63. The molecule has 0 unspecified atom stereocenters. The molecular formula is C21H36O2. The lowest BCUT2D eigenvalue weighted by Gasteiger charge is -2.06. The molecule has 0 amide bonds. The predicted octanol–water partition coefficient (Wildman–Crippen LogP) is 6.05. The van der Waals surface area contributed by atoms with Gasteiger partial charge in [0.1, 0.15) is 5.75 Å². The van der Waals surface area contributed by atoms with Gasteiger partial charge >= 0.3 is 0 Å². The Kier molecular flexibility index (Phi) is 12.7. The van der Waals surface area contributed by atoms with Crippen LogP contribution < -0.4 is 4.74 Å². The van der Waals surface area contributed by atoms with E-state index >= 15 is 0 Å². The predicted molar refractivity (Wildman–Crippen MR) is 99.2 cm³/mol. The van der Waals surface area contributed by atoms with Crippen LogP contribution in [0.25, 0.3) is 0 Å². The number of unbranched alkanes of at least 4 members (excludes halogenated alkanes) is 11. The maximum absolute atomic E-state index is 8.70. The molecule has 0 saturated carbocycles. The highest BCUT2D eigenvalue weighted by Gasteiger charge is 1.95. The van der Waals surface area contributed by atoms with E-state index < -0.39 is 0 Å². The molecule has 0 aliphatic rings. The smallest absolute Gasteiger partial charge is 0.119 e. The molecule has 1 N–H and O–H groups in total. The third-order valence-electron chi connectivity index (χ3n) is 4.34. The van der Waals surface area contributed by atoms with Crippen LogP contribution in [0.1, 0.15) is 82.6 Å². The lowest BCUT2D eigenvalue weighted by atomic mass is 10.1. The van der Waals surface area contributed by atoms with Gasteiger partial charge in [0.05, 0.1) is 6.61 Å². The first-order valence-electron chi connectivity index (χ1n) is 9.63. The molecule has 0 heterocycles. The number of aryl methyl sites for hydroxylation is 1. The van der Waals surface area contributed by atoms with Crippen LogP contribution in [0.3, 0.4) is 0 Å². The normalized spacial score (nSPS) is 10.9. The molecule has 0 aliphatic carbocycles. The summed E-state index contributed by atoms with van der Waals surface area (Å²) in [6, 6.07) is 8.31. The van der Waals surface area contributed by atoms with Crippen molar-refractivity contribution in [3.05, 3.63) is 29.8 Å². The SMILES string of the molecule is Cc1ccc(OCCCCCCCCCCCCCCO)cc1. The number of aliphatic hydroxyl groups excluding tert-OH is 1. The van der Waals surface area contributed by atoms with Gasteiger partial charge < -0.3 is 9.84 Å². The van der Waals surface area contributed by atoms with E-state index in [2.05, 4.69) is 31.2 Å². The zero-order chi connectivity index (χ0) is 16.6. The zero-order valence-corrected chi connectivity index (χ0v) is 15.1. The van der Waals surface area contributed by atoms with Crippen LogP contribution in [0.15, 0.2) is 24.3 Å². The molecule has 132 valence electrons. The Morgan fingerprint density at radius 3 is 1.57 bits per heavy atom. The molecule has 2 heteroatoms. The molecule has 0 bridgehead atoms. The summed E-state index contributed by atoms with van der Waals surface area (Å²) in [4.78, 5) is 0. The molecule has 0 fully saturated rings. The first-order valence-corrected chi connectivity index (χ1v) is 9.63. The van der Waals surface area contributed by atoms with Crippen LogP contribution in [0.5, 0.6) is 5.75 Å². The van der Waals surface area contributed by atoms with Crippen molar-refractivity contribution in [2.24, 2.45) is 0 Å². The summed E-state index contributed by atoms with van der Waals surface area (Å²) >= 11 is 0. The minimum absolute atomic E-state index is 0.357. The highest BCUT2D eigenvalue weighted by atomic mass is 16.5. The van der Waals surface area contributed by atoms with E-state index in [1.807, 2.05) is 0 Å². The monoisotopic (exact) mass is 320 g/mol. The number of rotatable bonds is 15. The van der Waals surface area contributed by atoms with Crippen LogP contribution in [0.4, 0.5) is 0 Å². The minimum atomic E-state index is 0.357. The van der Waals surface area contributed by atoms with Crippen LogP contribution >= 0.6 is 0 Å². The molecule has 0 saturated heterocycles. The highest BCUT2D eigenvalue weighted by Crippen LogP contribution is 2.14. The number of hydrogen-bond donors (Lipinski definition) is 1. The van der Waals surface area contributed by atoms with Crippen molar-refractivity contribution in [1.29, 1.82) is 0 Å². The number of aliphatic hydroxyl groups is 1. The summed E-state index contributed by atoms with van der Waals surface area (Å²) in [7, 11) is 0. The largest absolute Gasteiger partial charge is 0.494 e. The van der Waals surface area contributed by atoms with Crippen LogP contribution in [-0.2, 0) is 0 Å². The molecule has 0 radical (unpaired) electrons. The van der Waals surface area contributed by atoms with Crippen molar-refractivity contribution in [3.8, 4) is 5.75 Å². The second-order valence-electron chi connectivity index (χ2n) is 6.63. The second kappa shape index (κ2) is 14.6. The number of hydrogen-bond acceptors (Lipinski definition) is 2. The van der Waals surface area contributed by atoms with Gasteiger partial charge in [-0.1, -0.05) is 81.9 Å². The minimum Gasteiger partial charge on any atom is -0.494 e. The average Bonchev–Trinajstić information content (AvgIpc) is 2.57. The number of benzene rings is 1. The van der Waals surface area contributed by atoms with Crippen LogP contribution in [-0.4, -0.2) is 18.3 Å². The summed E-state index contributed by atoms with van der Waals surface area (Å²) in [6.07, 6.45) is 15.5. The van der Waals surface area contributed by atoms with Crippen molar-refractivity contribution in [3.63, 3.8) is 0 Å². The fraction of sp³-hybridized carbons (Fsp3) is 0.714. The molecule has 1 rings (SSSR count). The van der Waals surface area contributed by atoms with E-state index in [0.29, 0.717) is 6.61 Å². The first kappa shape index (κ1) is 20.0. The van der Waals surface area contributed by atoms with Crippen LogP contribution in [0, 0.1) is 6.92 Å².